The largest absolute Gasteiger partial charge is 0.336 e. The van der Waals surface area contributed by atoms with Crippen LogP contribution in [-0.2, 0) is 11.2 Å². The highest BCUT2D eigenvalue weighted by molar-refractivity contribution is 7.09. The van der Waals surface area contributed by atoms with Crippen LogP contribution in [0.25, 0.3) is 0 Å². The molecule has 2 heterocycles. The maximum absolute atomic E-state index is 12.5. The molecule has 3 heteroatoms. The van der Waals surface area contributed by atoms with Gasteiger partial charge in [-0.2, -0.15) is 0 Å². The van der Waals surface area contributed by atoms with Gasteiger partial charge >= 0.3 is 0 Å². The number of carbonyl (C=O) groups excluding carboxylic acids is 1. The van der Waals surface area contributed by atoms with E-state index in [2.05, 4.69) is 40.6 Å². The lowest BCUT2D eigenvalue weighted by Gasteiger charge is -2.25. The van der Waals surface area contributed by atoms with Crippen molar-refractivity contribution in [3.63, 3.8) is 0 Å². The monoisotopic (exact) mass is 285 g/mol. The predicted molar refractivity (Wildman–Crippen MR) is 82.8 cm³/mol. The lowest BCUT2D eigenvalue weighted by molar-refractivity contribution is -0.132. The van der Waals surface area contributed by atoms with E-state index < -0.39 is 0 Å². The predicted octanol–water partition coefficient (Wildman–Crippen LogP) is 4.04. The van der Waals surface area contributed by atoms with E-state index in [4.69, 9.17) is 0 Å². The summed E-state index contributed by atoms with van der Waals surface area (Å²) in [6.45, 7) is 0.906. The minimum atomic E-state index is 0.284. The molecule has 0 radical (unpaired) electrons. The Hall–Kier alpha value is -1.61. The summed E-state index contributed by atoms with van der Waals surface area (Å²) < 4.78 is 0. The van der Waals surface area contributed by atoms with Crippen LogP contribution in [0.15, 0.2) is 47.8 Å². The van der Waals surface area contributed by atoms with Crippen molar-refractivity contribution in [2.24, 2.45) is 0 Å². The standard InChI is InChI=1S/C17H19NOS/c19-17(11-10-15-8-5-13-20-15)18-12-4-9-16(18)14-6-2-1-3-7-14/h1-3,5-8,13,16H,4,9-12H2. The first-order valence-corrected chi connectivity index (χ1v) is 8.09. The Labute approximate surface area is 124 Å². The molecular weight excluding hydrogens is 266 g/mol. The summed E-state index contributed by atoms with van der Waals surface area (Å²) in [4.78, 5) is 15.8. The summed E-state index contributed by atoms with van der Waals surface area (Å²) in [7, 11) is 0. The highest BCUT2D eigenvalue weighted by atomic mass is 32.1. The number of hydrogen-bond donors (Lipinski definition) is 0. The van der Waals surface area contributed by atoms with Crippen molar-refractivity contribution in [2.45, 2.75) is 31.7 Å². The number of thiophene rings is 1. The fourth-order valence-electron chi connectivity index (χ4n) is 2.92. The first-order chi connectivity index (χ1) is 9.84. The van der Waals surface area contributed by atoms with Gasteiger partial charge in [-0.3, -0.25) is 4.79 Å². The van der Waals surface area contributed by atoms with Crippen LogP contribution in [0.1, 0.15) is 35.7 Å². The molecule has 2 nitrogen and oxygen atoms in total. The topological polar surface area (TPSA) is 20.3 Å². The summed E-state index contributed by atoms with van der Waals surface area (Å²) in [5.74, 6) is 0.296. The zero-order valence-corrected chi connectivity index (χ0v) is 12.3. The van der Waals surface area contributed by atoms with Crippen LogP contribution in [-0.4, -0.2) is 17.4 Å². The van der Waals surface area contributed by atoms with Crippen LogP contribution in [0.4, 0.5) is 0 Å². The second kappa shape index (κ2) is 6.23. The number of amides is 1. The van der Waals surface area contributed by atoms with Crippen molar-refractivity contribution in [2.75, 3.05) is 6.54 Å². The van der Waals surface area contributed by atoms with Crippen molar-refractivity contribution in [1.82, 2.24) is 4.90 Å². The molecule has 3 rings (SSSR count). The molecule has 1 amide bonds. The molecule has 0 spiro atoms. The third-order valence-electron chi connectivity index (χ3n) is 3.92. The molecule has 20 heavy (non-hydrogen) atoms. The van der Waals surface area contributed by atoms with Gasteiger partial charge in [0.25, 0.3) is 0 Å². The molecule has 0 saturated carbocycles. The molecule has 0 bridgehead atoms. The fraction of sp³-hybridized carbons (Fsp3) is 0.353. The van der Waals surface area contributed by atoms with E-state index in [0.717, 1.165) is 25.8 Å². The maximum Gasteiger partial charge on any atom is 0.223 e. The highest BCUT2D eigenvalue weighted by Crippen LogP contribution is 2.32. The second-order valence-corrected chi connectivity index (χ2v) is 6.27. The number of hydrogen-bond acceptors (Lipinski definition) is 2. The first kappa shape index (κ1) is 13.4. The Morgan fingerprint density at radius 2 is 2.05 bits per heavy atom. The molecule has 1 fully saturated rings. The van der Waals surface area contributed by atoms with Crippen LogP contribution >= 0.6 is 11.3 Å². The number of benzene rings is 1. The molecule has 1 atom stereocenters. The van der Waals surface area contributed by atoms with E-state index >= 15 is 0 Å². The average molecular weight is 285 g/mol. The molecule has 1 aromatic carbocycles. The zero-order chi connectivity index (χ0) is 13.8. The molecular formula is C17H19NOS. The Balaban J connectivity index is 1.64. The van der Waals surface area contributed by atoms with Crippen LogP contribution in [0.3, 0.4) is 0 Å². The number of nitrogens with zero attached hydrogens (tertiary/aromatic N) is 1. The van der Waals surface area contributed by atoms with Crippen molar-refractivity contribution >= 4 is 17.2 Å². The summed E-state index contributed by atoms with van der Waals surface area (Å²) in [5.41, 5.74) is 1.27. The normalized spacial score (nSPS) is 18.4. The van der Waals surface area contributed by atoms with Crippen molar-refractivity contribution in [3.8, 4) is 0 Å². The summed E-state index contributed by atoms with van der Waals surface area (Å²) in [5, 5.41) is 2.07. The van der Waals surface area contributed by atoms with E-state index in [1.165, 1.54) is 10.4 Å². The highest BCUT2D eigenvalue weighted by Gasteiger charge is 2.29. The summed E-state index contributed by atoms with van der Waals surface area (Å²) in [6.07, 6.45) is 3.71. The minimum Gasteiger partial charge on any atom is -0.336 e. The number of aryl methyl sites for hydroxylation is 1. The summed E-state index contributed by atoms with van der Waals surface area (Å²) >= 11 is 1.73. The summed E-state index contributed by atoms with van der Waals surface area (Å²) in [6, 6.07) is 14.9. The Morgan fingerprint density at radius 1 is 1.20 bits per heavy atom. The Morgan fingerprint density at radius 3 is 2.80 bits per heavy atom. The van der Waals surface area contributed by atoms with Gasteiger partial charge in [0.1, 0.15) is 0 Å². The fourth-order valence-corrected chi connectivity index (χ4v) is 3.62. The maximum atomic E-state index is 12.5. The van der Waals surface area contributed by atoms with Crippen LogP contribution in [0.2, 0.25) is 0 Å². The van der Waals surface area contributed by atoms with E-state index in [-0.39, 0.29) is 6.04 Å². The lowest BCUT2D eigenvalue weighted by atomic mass is 10.0. The van der Waals surface area contributed by atoms with Gasteiger partial charge in [-0.1, -0.05) is 36.4 Å². The molecule has 0 aliphatic carbocycles. The van der Waals surface area contributed by atoms with Gasteiger partial charge in [0.05, 0.1) is 6.04 Å². The van der Waals surface area contributed by atoms with Gasteiger partial charge in [0.15, 0.2) is 0 Å². The molecule has 1 aliphatic heterocycles. The van der Waals surface area contributed by atoms with Crippen molar-refractivity contribution < 1.29 is 4.79 Å². The van der Waals surface area contributed by atoms with Gasteiger partial charge in [-0.15, -0.1) is 11.3 Å². The minimum absolute atomic E-state index is 0.284. The van der Waals surface area contributed by atoms with E-state index in [1.54, 1.807) is 11.3 Å². The van der Waals surface area contributed by atoms with Crippen LogP contribution < -0.4 is 0 Å². The molecule has 104 valence electrons. The smallest absolute Gasteiger partial charge is 0.223 e. The van der Waals surface area contributed by atoms with Gasteiger partial charge in [-0.05, 0) is 36.3 Å². The molecule has 0 N–H and O–H groups in total. The quantitative estimate of drug-likeness (QED) is 0.830. The van der Waals surface area contributed by atoms with E-state index in [9.17, 15) is 4.79 Å². The van der Waals surface area contributed by atoms with Gasteiger partial charge in [0.2, 0.25) is 5.91 Å². The van der Waals surface area contributed by atoms with Crippen molar-refractivity contribution in [1.29, 1.82) is 0 Å². The number of rotatable bonds is 4. The second-order valence-electron chi connectivity index (χ2n) is 5.24. The van der Waals surface area contributed by atoms with Crippen molar-refractivity contribution in [3.05, 3.63) is 58.3 Å². The van der Waals surface area contributed by atoms with Crippen LogP contribution in [0.5, 0.6) is 0 Å². The molecule has 1 aliphatic rings. The molecule has 1 aromatic heterocycles. The Bertz CT molecular complexity index is 550. The lowest BCUT2D eigenvalue weighted by Crippen LogP contribution is -2.30. The van der Waals surface area contributed by atoms with Crippen LogP contribution in [0, 0.1) is 0 Å². The molecule has 2 aromatic rings. The average Bonchev–Trinajstić information content (AvgIpc) is 3.17. The third-order valence-corrected chi connectivity index (χ3v) is 4.86. The molecule has 1 unspecified atom stereocenters. The van der Waals surface area contributed by atoms with Gasteiger partial charge in [0, 0.05) is 17.8 Å². The Kier molecular flexibility index (Phi) is 4.16. The molecule has 1 saturated heterocycles. The third kappa shape index (κ3) is 2.93. The zero-order valence-electron chi connectivity index (χ0n) is 11.5. The number of likely N-dealkylation sites (tertiary alicyclic amines) is 1. The SMILES string of the molecule is O=C(CCc1cccs1)N1CCCC1c1ccccc1. The van der Waals surface area contributed by atoms with Gasteiger partial charge < -0.3 is 4.90 Å². The van der Waals surface area contributed by atoms with E-state index in [1.807, 2.05) is 12.1 Å². The first-order valence-electron chi connectivity index (χ1n) is 7.21. The van der Waals surface area contributed by atoms with E-state index in [0.29, 0.717) is 12.3 Å². The van der Waals surface area contributed by atoms with Gasteiger partial charge in [-0.25, -0.2) is 0 Å². The number of carbonyl (C=O) groups is 1.